The molecule has 6 heteroatoms. The highest BCUT2D eigenvalue weighted by molar-refractivity contribution is 7.13. The van der Waals surface area contributed by atoms with Gasteiger partial charge in [0.15, 0.2) is 0 Å². The molecule has 106 valence electrons. The molecule has 0 bridgehead atoms. The maximum absolute atomic E-state index is 10.8. The van der Waals surface area contributed by atoms with Crippen molar-refractivity contribution in [2.75, 3.05) is 0 Å². The van der Waals surface area contributed by atoms with Crippen LogP contribution in [0.2, 0.25) is 0 Å². The van der Waals surface area contributed by atoms with Crippen molar-refractivity contribution in [1.82, 2.24) is 10.3 Å². The zero-order valence-corrected chi connectivity index (χ0v) is 12.1. The van der Waals surface area contributed by atoms with Gasteiger partial charge in [-0.2, -0.15) is 0 Å². The molecule has 1 heterocycles. The molecule has 1 aromatic heterocycles. The van der Waals surface area contributed by atoms with E-state index in [1.807, 2.05) is 26.0 Å². The van der Waals surface area contributed by atoms with Crippen molar-refractivity contribution in [2.24, 2.45) is 0 Å². The maximum Gasteiger partial charge on any atom is 0.347 e. The Kier molecular flexibility index (Phi) is 4.36. The Hall–Kier alpha value is -1.92. The number of hydrogen-bond donors (Lipinski definition) is 3. The SMILES string of the molecule is Cc1ccc(CNC(C)c2ncc(C(=O)O)s2)cc1O. The van der Waals surface area contributed by atoms with E-state index >= 15 is 0 Å². The van der Waals surface area contributed by atoms with Crippen LogP contribution in [-0.2, 0) is 6.54 Å². The zero-order valence-electron chi connectivity index (χ0n) is 11.3. The Bertz CT molecular complexity index is 625. The van der Waals surface area contributed by atoms with Gasteiger partial charge in [0.05, 0.1) is 12.2 Å². The Labute approximate surface area is 120 Å². The monoisotopic (exact) mass is 292 g/mol. The summed E-state index contributed by atoms with van der Waals surface area (Å²) in [4.78, 5) is 15.2. The first-order valence-corrected chi connectivity index (χ1v) is 7.00. The van der Waals surface area contributed by atoms with Gasteiger partial charge in [-0.3, -0.25) is 0 Å². The number of aromatic nitrogens is 1. The fourth-order valence-electron chi connectivity index (χ4n) is 1.71. The average molecular weight is 292 g/mol. The lowest BCUT2D eigenvalue weighted by Gasteiger charge is -2.11. The summed E-state index contributed by atoms with van der Waals surface area (Å²) in [5.41, 5.74) is 1.81. The van der Waals surface area contributed by atoms with Crippen LogP contribution in [0.4, 0.5) is 0 Å². The summed E-state index contributed by atoms with van der Waals surface area (Å²) < 4.78 is 0. The summed E-state index contributed by atoms with van der Waals surface area (Å²) in [7, 11) is 0. The van der Waals surface area contributed by atoms with E-state index in [1.54, 1.807) is 6.07 Å². The number of hydrogen-bond acceptors (Lipinski definition) is 5. The number of aromatic carboxylic acids is 1. The highest BCUT2D eigenvalue weighted by Crippen LogP contribution is 2.21. The van der Waals surface area contributed by atoms with Crippen LogP contribution in [0.3, 0.4) is 0 Å². The maximum atomic E-state index is 10.8. The van der Waals surface area contributed by atoms with Gasteiger partial charge in [-0.15, -0.1) is 11.3 Å². The summed E-state index contributed by atoms with van der Waals surface area (Å²) in [5, 5.41) is 22.5. The molecule has 0 aliphatic rings. The number of carbonyl (C=O) groups is 1. The predicted molar refractivity (Wildman–Crippen MR) is 77.2 cm³/mol. The second-order valence-electron chi connectivity index (χ2n) is 4.59. The first-order chi connectivity index (χ1) is 9.47. The number of nitrogens with one attached hydrogen (secondary N) is 1. The summed E-state index contributed by atoms with van der Waals surface area (Å²) in [5.74, 6) is -0.677. The smallest absolute Gasteiger partial charge is 0.347 e. The minimum Gasteiger partial charge on any atom is -0.508 e. The second-order valence-corrected chi connectivity index (χ2v) is 5.65. The van der Waals surface area contributed by atoms with Gasteiger partial charge in [0.2, 0.25) is 0 Å². The molecule has 1 aromatic carbocycles. The van der Waals surface area contributed by atoms with Gasteiger partial charge in [0, 0.05) is 6.54 Å². The van der Waals surface area contributed by atoms with Crippen LogP contribution in [0.1, 0.15) is 38.8 Å². The van der Waals surface area contributed by atoms with Crippen molar-refractivity contribution in [2.45, 2.75) is 26.4 Å². The quantitative estimate of drug-likeness (QED) is 0.789. The van der Waals surface area contributed by atoms with E-state index in [0.29, 0.717) is 6.54 Å². The molecule has 0 saturated carbocycles. The molecular formula is C14H16N2O3S. The number of rotatable bonds is 5. The van der Waals surface area contributed by atoms with Gasteiger partial charge in [0.1, 0.15) is 15.6 Å². The fourth-order valence-corrected chi connectivity index (χ4v) is 2.49. The number of phenolic OH excluding ortho intramolecular Hbond substituents is 1. The van der Waals surface area contributed by atoms with E-state index in [4.69, 9.17) is 5.11 Å². The van der Waals surface area contributed by atoms with Crippen LogP contribution < -0.4 is 5.32 Å². The lowest BCUT2D eigenvalue weighted by atomic mass is 10.1. The van der Waals surface area contributed by atoms with Crippen molar-refractivity contribution in [3.05, 3.63) is 45.4 Å². The van der Waals surface area contributed by atoms with Crippen molar-refractivity contribution < 1.29 is 15.0 Å². The van der Waals surface area contributed by atoms with Crippen LogP contribution in [0.15, 0.2) is 24.4 Å². The normalized spacial score (nSPS) is 12.3. The van der Waals surface area contributed by atoms with Crippen molar-refractivity contribution in [1.29, 1.82) is 0 Å². The molecule has 1 atom stereocenters. The topological polar surface area (TPSA) is 82.5 Å². The molecule has 2 aromatic rings. The Balaban J connectivity index is 1.98. The van der Waals surface area contributed by atoms with Gasteiger partial charge in [0.25, 0.3) is 0 Å². The number of carboxylic acid groups (broad SMARTS) is 1. The van der Waals surface area contributed by atoms with Crippen molar-refractivity contribution >= 4 is 17.3 Å². The van der Waals surface area contributed by atoms with Gasteiger partial charge < -0.3 is 15.5 Å². The van der Waals surface area contributed by atoms with Crippen LogP contribution >= 0.6 is 11.3 Å². The van der Waals surface area contributed by atoms with Crippen molar-refractivity contribution in [3.8, 4) is 5.75 Å². The summed E-state index contributed by atoms with van der Waals surface area (Å²) in [6.07, 6.45) is 1.37. The molecule has 1 unspecified atom stereocenters. The van der Waals surface area contributed by atoms with E-state index in [1.165, 1.54) is 17.5 Å². The standard InChI is InChI=1S/C14H16N2O3S/c1-8-3-4-10(5-11(8)17)6-15-9(2)13-16-7-12(20-13)14(18)19/h3-5,7,9,15,17H,6H2,1-2H3,(H,18,19). The number of phenols is 1. The van der Waals surface area contributed by atoms with Gasteiger partial charge in [-0.05, 0) is 31.0 Å². The lowest BCUT2D eigenvalue weighted by Crippen LogP contribution is -2.17. The molecule has 5 nitrogen and oxygen atoms in total. The van der Waals surface area contributed by atoms with Gasteiger partial charge >= 0.3 is 5.97 Å². The van der Waals surface area contributed by atoms with Crippen LogP contribution in [0.25, 0.3) is 0 Å². The fraction of sp³-hybridized carbons (Fsp3) is 0.286. The molecule has 0 amide bonds. The second kappa shape index (κ2) is 6.02. The molecule has 0 aliphatic heterocycles. The minimum atomic E-state index is -0.954. The Morgan fingerprint density at radius 3 is 2.85 bits per heavy atom. The first kappa shape index (κ1) is 14.5. The third-order valence-corrected chi connectivity index (χ3v) is 4.16. The number of thiazole rings is 1. The lowest BCUT2D eigenvalue weighted by molar-refractivity contribution is 0.0702. The third kappa shape index (κ3) is 3.34. The average Bonchev–Trinajstić information content (AvgIpc) is 2.89. The summed E-state index contributed by atoms with van der Waals surface area (Å²) in [6, 6.07) is 5.48. The Morgan fingerprint density at radius 1 is 1.50 bits per heavy atom. The van der Waals surface area contributed by atoms with E-state index in [-0.39, 0.29) is 16.7 Å². The number of aryl methyl sites for hydroxylation is 1. The molecule has 0 spiro atoms. The number of carboxylic acids is 1. The van der Waals surface area contributed by atoms with E-state index in [9.17, 15) is 9.90 Å². The van der Waals surface area contributed by atoms with Gasteiger partial charge in [-0.25, -0.2) is 9.78 Å². The third-order valence-electron chi connectivity index (χ3n) is 2.99. The molecule has 0 aliphatic carbocycles. The Morgan fingerprint density at radius 2 is 2.25 bits per heavy atom. The largest absolute Gasteiger partial charge is 0.508 e. The molecule has 3 N–H and O–H groups in total. The van der Waals surface area contributed by atoms with Crippen LogP contribution in [0, 0.1) is 6.92 Å². The number of aromatic hydroxyl groups is 1. The first-order valence-electron chi connectivity index (χ1n) is 6.18. The molecule has 20 heavy (non-hydrogen) atoms. The number of nitrogens with zero attached hydrogens (tertiary/aromatic N) is 1. The molecule has 0 radical (unpaired) electrons. The van der Waals surface area contributed by atoms with E-state index in [2.05, 4.69) is 10.3 Å². The highest BCUT2D eigenvalue weighted by atomic mass is 32.1. The highest BCUT2D eigenvalue weighted by Gasteiger charge is 2.13. The molecule has 2 rings (SSSR count). The summed E-state index contributed by atoms with van der Waals surface area (Å²) in [6.45, 7) is 4.35. The molecular weight excluding hydrogens is 276 g/mol. The van der Waals surface area contributed by atoms with Crippen LogP contribution in [0.5, 0.6) is 5.75 Å². The van der Waals surface area contributed by atoms with Crippen molar-refractivity contribution in [3.63, 3.8) is 0 Å². The summed E-state index contributed by atoms with van der Waals surface area (Å²) >= 11 is 1.17. The van der Waals surface area contributed by atoms with E-state index in [0.717, 1.165) is 16.1 Å². The predicted octanol–water partition coefficient (Wildman–Crippen LogP) is 2.71. The van der Waals surface area contributed by atoms with Gasteiger partial charge in [-0.1, -0.05) is 12.1 Å². The number of benzene rings is 1. The van der Waals surface area contributed by atoms with Crippen LogP contribution in [-0.4, -0.2) is 21.2 Å². The molecule has 0 fully saturated rings. The van der Waals surface area contributed by atoms with E-state index < -0.39 is 5.97 Å². The minimum absolute atomic E-state index is 0.0449. The zero-order chi connectivity index (χ0) is 14.7. The molecule has 0 saturated heterocycles.